The van der Waals surface area contributed by atoms with Crippen LogP contribution >= 0.6 is 11.6 Å². The highest BCUT2D eigenvalue weighted by Gasteiger charge is 2.19. The summed E-state index contributed by atoms with van der Waals surface area (Å²) < 4.78 is 10.8. The molecule has 0 N–H and O–H groups in total. The summed E-state index contributed by atoms with van der Waals surface area (Å²) in [5.41, 5.74) is 1.08. The largest absolute Gasteiger partial charge is 0.493 e. The molecule has 2 rings (SSSR count). The lowest BCUT2D eigenvalue weighted by atomic mass is 10.1. The van der Waals surface area contributed by atoms with E-state index in [0.29, 0.717) is 10.8 Å². The number of likely N-dealkylation sites (N-methyl/N-ethyl adjacent to an activating group) is 1. The fourth-order valence-corrected chi connectivity index (χ4v) is 2.86. The number of piperazine rings is 1. The molecule has 0 radical (unpaired) electrons. The molecule has 0 aromatic heterocycles. The Morgan fingerprint density at radius 1 is 1.05 bits per heavy atom. The number of halogens is 1. The van der Waals surface area contributed by atoms with Crippen molar-refractivity contribution in [3.8, 4) is 11.5 Å². The van der Waals surface area contributed by atoms with Crippen LogP contribution in [0.2, 0.25) is 5.02 Å². The fraction of sp³-hybridized carbons (Fsp3) is 0.600. The maximum atomic E-state index is 6.16. The molecular formula is C15H23ClN2O2. The molecule has 1 aliphatic heterocycles. The first-order valence-corrected chi connectivity index (χ1v) is 7.40. The Hall–Kier alpha value is -0.970. The van der Waals surface area contributed by atoms with E-state index < -0.39 is 0 Å². The Morgan fingerprint density at radius 2 is 1.70 bits per heavy atom. The zero-order valence-electron chi connectivity index (χ0n) is 12.5. The Morgan fingerprint density at radius 3 is 2.25 bits per heavy atom. The summed E-state index contributed by atoms with van der Waals surface area (Å²) in [5, 5.41) is 0.685. The monoisotopic (exact) mass is 298 g/mol. The predicted molar refractivity (Wildman–Crippen MR) is 81.9 cm³/mol. The number of rotatable bonds is 5. The standard InChI is InChI=1S/C15H23ClN2O2/c1-4-17-5-7-18(8-6-17)11-12-9-13(16)10-14(19-2)15(12)20-3/h9-10H,4-8,11H2,1-3H3. The molecular weight excluding hydrogens is 276 g/mol. The van der Waals surface area contributed by atoms with Gasteiger partial charge in [0, 0.05) is 49.4 Å². The van der Waals surface area contributed by atoms with Gasteiger partial charge in [-0.1, -0.05) is 18.5 Å². The fourth-order valence-electron chi connectivity index (χ4n) is 2.63. The lowest BCUT2D eigenvalue weighted by Gasteiger charge is -2.34. The summed E-state index contributed by atoms with van der Waals surface area (Å²) in [6, 6.07) is 3.76. The highest BCUT2D eigenvalue weighted by Crippen LogP contribution is 2.35. The summed E-state index contributed by atoms with van der Waals surface area (Å²) >= 11 is 6.16. The summed E-state index contributed by atoms with van der Waals surface area (Å²) in [6.45, 7) is 8.57. The lowest BCUT2D eigenvalue weighted by Crippen LogP contribution is -2.45. The molecule has 0 atom stereocenters. The van der Waals surface area contributed by atoms with Crippen LogP contribution in [-0.4, -0.2) is 56.7 Å². The molecule has 0 unspecified atom stereocenters. The average molecular weight is 299 g/mol. The minimum atomic E-state index is 0.685. The van der Waals surface area contributed by atoms with Crippen LogP contribution in [0.3, 0.4) is 0 Å². The molecule has 5 heteroatoms. The van der Waals surface area contributed by atoms with E-state index in [2.05, 4.69) is 16.7 Å². The van der Waals surface area contributed by atoms with Gasteiger partial charge in [0.05, 0.1) is 14.2 Å². The van der Waals surface area contributed by atoms with Crippen LogP contribution in [0.4, 0.5) is 0 Å². The second-order valence-corrected chi connectivity index (χ2v) is 5.45. The molecule has 112 valence electrons. The summed E-state index contributed by atoms with van der Waals surface area (Å²) in [5.74, 6) is 1.48. The molecule has 0 saturated carbocycles. The first-order valence-electron chi connectivity index (χ1n) is 7.03. The molecule has 0 aliphatic carbocycles. The second kappa shape index (κ2) is 7.16. The third-order valence-electron chi connectivity index (χ3n) is 3.83. The Labute approximate surface area is 126 Å². The van der Waals surface area contributed by atoms with Gasteiger partial charge in [0.25, 0.3) is 0 Å². The molecule has 0 bridgehead atoms. The van der Waals surface area contributed by atoms with Crippen molar-refractivity contribution >= 4 is 11.6 Å². The normalized spacial score (nSPS) is 17.2. The summed E-state index contributed by atoms with van der Waals surface area (Å²) in [6.07, 6.45) is 0. The molecule has 4 nitrogen and oxygen atoms in total. The SMILES string of the molecule is CCN1CCN(Cc2cc(Cl)cc(OC)c2OC)CC1. The Kier molecular flexibility index (Phi) is 5.52. The van der Waals surface area contributed by atoms with Crippen molar-refractivity contribution in [3.63, 3.8) is 0 Å². The van der Waals surface area contributed by atoms with E-state index >= 15 is 0 Å². The van der Waals surface area contributed by atoms with Gasteiger partial charge in [0.15, 0.2) is 11.5 Å². The van der Waals surface area contributed by atoms with Crippen LogP contribution in [0.25, 0.3) is 0 Å². The Bertz CT molecular complexity index is 446. The van der Waals surface area contributed by atoms with E-state index in [1.807, 2.05) is 6.07 Å². The van der Waals surface area contributed by atoms with Gasteiger partial charge in [-0.05, 0) is 12.6 Å². The van der Waals surface area contributed by atoms with Crippen molar-refractivity contribution in [3.05, 3.63) is 22.7 Å². The highest BCUT2D eigenvalue weighted by molar-refractivity contribution is 6.30. The van der Waals surface area contributed by atoms with E-state index in [0.717, 1.165) is 50.6 Å². The van der Waals surface area contributed by atoms with E-state index in [1.54, 1.807) is 20.3 Å². The van der Waals surface area contributed by atoms with Gasteiger partial charge < -0.3 is 14.4 Å². The third kappa shape index (κ3) is 3.57. The molecule has 1 saturated heterocycles. The van der Waals surface area contributed by atoms with Crippen molar-refractivity contribution in [1.82, 2.24) is 9.80 Å². The first kappa shape index (κ1) is 15.4. The van der Waals surface area contributed by atoms with E-state index in [-0.39, 0.29) is 0 Å². The van der Waals surface area contributed by atoms with Crippen molar-refractivity contribution in [2.24, 2.45) is 0 Å². The van der Waals surface area contributed by atoms with Crippen LogP contribution < -0.4 is 9.47 Å². The molecule has 0 amide bonds. The highest BCUT2D eigenvalue weighted by atomic mass is 35.5. The molecule has 1 aromatic rings. The summed E-state index contributed by atoms with van der Waals surface area (Å²) in [4.78, 5) is 4.89. The quantitative estimate of drug-likeness (QED) is 0.834. The van der Waals surface area contributed by atoms with Crippen LogP contribution in [0.1, 0.15) is 12.5 Å². The van der Waals surface area contributed by atoms with Crippen LogP contribution in [0.5, 0.6) is 11.5 Å². The van der Waals surface area contributed by atoms with Gasteiger partial charge in [-0.15, -0.1) is 0 Å². The first-order chi connectivity index (χ1) is 9.67. The van der Waals surface area contributed by atoms with Crippen LogP contribution in [-0.2, 0) is 6.54 Å². The molecule has 0 spiro atoms. The van der Waals surface area contributed by atoms with Gasteiger partial charge in [-0.3, -0.25) is 4.90 Å². The zero-order valence-corrected chi connectivity index (χ0v) is 13.2. The topological polar surface area (TPSA) is 24.9 Å². The smallest absolute Gasteiger partial charge is 0.165 e. The van der Waals surface area contributed by atoms with Crippen molar-refractivity contribution in [2.45, 2.75) is 13.5 Å². The van der Waals surface area contributed by atoms with E-state index in [1.165, 1.54) is 0 Å². The third-order valence-corrected chi connectivity index (χ3v) is 4.04. The van der Waals surface area contributed by atoms with Crippen molar-refractivity contribution in [1.29, 1.82) is 0 Å². The van der Waals surface area contributed by atoms with Crippen molar-refractivity contribution < 1.29 is 9.47 Å². The number of hydrogen-bond acceptors (Lipinski definition) is 4. The van der Waals surface area contributed by atoms with Gasteiger partial charge in [0.2, 0.25) is 0 Å². The lowest BCUT2D eigenvalue weighted by molar-refractivity contribution is 0.131. The van der Waals surface area contributed by atoms with Crippen molar-refractivity contribution in [2.75, 3.05) is 46.9 Å². The molecule has 1 aromatic carbocycles. The number of nitrogens with zero attached hydrogens (tertiary/aromatic N) is 2. The molecule has 1 aliphatic rings. The van der Waals surface area contributed by atoms with Gasteiger partial charge in [0.1, 0.15) is 0 Å². The van der Waals surface area contributed by atoms with E-state index in [9.17, 15) is 0 Å². The van der Waals surface area contributed by atoms with Gasteiger partial charge in [-0.25, -0.2) is 0 Å². The predicted octanol–water partition coefficient (Wildman–Crippen LogP) is 2.49. The van der Waals surface area contributed by atoms with Gasteiger partial charge in [-0.2, -0.15) is 0 Å². The summed E-state index contributed by atoms with van der Waals surface area (Å²) in [7, 11) is 3.31. The second-order valence-electron chi connectivity index (χ2n) is 5.01. The Balaban J connectivity index is 2.11. The van der Waals surface area contributed by atoms with Crippen LogP contribution in [0.15, 0.2) is 12.1 Å². The number of ether oxygens (including phenoxy) is 2. The molecule has 1 fully saturated rings. The minimum absolute atomic E-state index is 0.685. The molecule has 1 heterocycles. The number of hydrogen-bond donors (Lipinski definition) is 0. The number of benzene rings is 1. The van der Waals surface area contributed by atoms with Gasteiger partial charge >= 0.3 is 0 Å². The minimum Gasteiger partial charge on any atom is -0.493 e. The molecule has 20 heavy (non-hydrogen) atoms. The zero-order chi connectivity index (χ0) is 14.5. The number of methoxy groups -OCH3 is 2. The average Bonchev–Trinajstić information content (AvgIpc) is 2.47. The maximum absolute atomic E-state index is 6.16. The van der Waals surface area contributed by atoms with Crippen LogP contribution in [0, 0.1) is 0 Å². The van der Waals surface area contributed by atoms with E-state index in [4.69, 9.17) is 21.1 Å². The maximum Gasteiger partial charge on any atom is 0.165 e.